The van der Waals surface area contributed by atoms with Crippen LogP contribution in [0.2, 0.25) is 0 Å². The van der Waals surface area contributed by atoms with Crippen LogP contribution in [0.15, 0.2) is 66.2 Å². The lowest BCUT2D eigenvalue weighted by Gasteiger charge is -2.24. The summed E-state index contributed by atoms with van der Waals surface area (Å²) in [5.74, 6) is -2.09. The molecule has 1 amide bonds. The number of amides is 1. The van der Waals surface area contributed by atoms with Crippen molar-refractivity contribution in [2.45, 2.75) is 38.8 Å². The number of nitrogens with zero attached hydrogens (tertiary/aromatic N) is 4. The van der Waals surface area contributed by atoms with Gasteiger partial charge in [-0.3, -0.25) is 14.5 Å². The average molecular weight is 521 g/mol. The zero-order valence-electron chi connectivity index (χ0n) is 20.9. The van der Waals surface area contributed by atoms with Gasteiger partial charge in [0, 0.05) is 31.3 Å². The van der Waals surface area contributed by atoms with Gasteiger partial charge in [0.05, 0.1) is 17.3 Å². The number of Topliss-reactive ketones (excluding diaryl/α,β-unsaturated/α-hetero) is 1. The molecular weight excluding hydrogens is 494 g/mol. The van der Waals surface area contributed by atoms with Crippen LogP contribution in [-0.4, -0.2) is 46.2 Å². The second kappa shape index (κ2) is 9.85. The van der Waals surface area contributed by atoms with E-state index in [0.717, 1.165) is 36.5 Å². The molecule has 196 valence electrons. The number of anilines is 2. The minimum Gasteiger partial charge on any atom is -0.507 e. The van der Waals surface area contributed by atoms with E-state index in [1.807, 2.05) is 12.1 Å². The summed E-state index contributed by atoms with van der Waals surface area (Å²) in [7, 11) is 0. The van der Waals surface area contributed by atoms with Gasteiger partial charge in [-0.15, -0.1) is 5.10 Å². The maximum atomic E-state index is 13.3. The first-order valence-electron chi connectivity index (χ1n) is 12.3. The molecule has 1 N–H and O–H groups in total. The number of benzene rings is 2. The van der Waals surface area contributed by atoms with Crippen molar-refractivity contribution in [3.05, 3.63) is 83.1 Å². The van der Waals surface area contributed by atoms with Crippen molar-refractivity contribution >= 4 is 29.0 Å². The molecule has 1 aromatic heterocycles. The number of rotatable bonds is 6. The fourth-order valence-electron chi connectivity index (χ4n) is 4.79. The molecule has 38 heavy (non-hydrogen) atoms. The number of halogens is 2. The van der Waals surface area contributed by atoms with Crippen molar-refractivity contribution in [3.8, 4) is 5.75 Å². The molecule has 2 aromatic carbocycles. The summed E-state index contributed by atoms with van der Waals surface area (Å²) in [4.78, 5) is 29.9. The monoisotopic (exact) mass is 520 g/mol. The minimum atomic E-state index is -3.38. The third kappa shape index (κ3) is 4.93. The van der Waals surface area contributed by atoms with Gasteiger partial charge in [0.15, 0.2) is 5.82 Å². The number of aliphatic hydroxyl groups is 1. The van der Waals surface area contributed by atoms with Gasteiger partial charge < -0.3 is 14.7 Å². The first-order valence-corrected chi connectivity index (χ1v) is 12.3. The summed E-state index contributed by atoms with van der Waals surface area (Å²) in [6.07, 6.45) is -1.14. The molecule has 3 aromatic rings. The van der Waals surface area contributed by atoms with Crippen LogP contribution in [-0.2, 0) is 9.59 Å². The Labute approximate surface area is 218 Å². The highest BCUT2D eigenvalue weighted by molar-refractivity contribution is 6.51. The van der Waals surface area contributed by atoms with Crippen molar-refractivity contribution in [1.82, 2.24) is 10.2 Å². The Hall–Kier alpha value is -4.34. The minimum absolute atomic E-state index is 0.0918. The predicted molar refractivity (Wildman–Crippen MR) is 137 cm³/mol. The van der Waals surface area contributed by atoms with Crippen LogP contribution >= 0.6 is 0 Å². The zero-order chi connectivity index (χ0) is 27.0. The molecule has 2 fully saturated rings. The summed E-state index contributed by atoms with van der Waals surface area (Å²) >= 11 is 0. The lowest BCUT2D eigenvalue weighted by atomic mass is 9.95. The second-order valence-electron chi connectivity index (χ2n) is 9.42. The van der Waals surface area contributed by atoms with Gasteiger partial charge in [0.2, 0.25) is 0 Å². The van der Waals surface area contributed by atoms with Crippen molar-refractivity contribution in [3.63, 3.8) is 0 Å². The Morgan fingerprint density at radius 3 is 2.21 bits per heavy atom. The number of ketones is 1. The fraction of sp³-hybridized carbons (Fsp3) is 0.286. The van der Waals surface area contributed by atoms with Crippen LogP contribution in [0.25, 0.3) is 5.76 Å². The molecular formula is C28H26F2N4O4. The zero-order valence-corrected chi connectivity index (χ0v) is 20.9. The second-order valence-corrected chi connectivity index (χ2v) is 9.42. The van der Waals surface area contributed by atoms with E-state index in [4.69, 9.17) is 0 Å². The fourth-order valence-corrected chi connectivity index (χ4v) is 4.79. The molecule has 2 aliphatic rings. The van der Waals surface area contributed by atoms with E-state index >= 15 is 0 Å². The summed E-state index contributed by atoms with van der Waals surface area (Å²) in [5, 5.41) is 19.4. The molecule has 2 saturated heterocycles. The summed E-state index contributed by atoms with van der Waals surface area (Å²) in [6.45, 7) is 4.27. The topological polar surface area (TPSA) is 95.9 Å². The summed E-state index contributed by atoms with van der Waals surface area (Å²) < 4.78 is 31.3. The first-order chi connectivity index (χ1) is 18.1. The van der Waals surface area contributed by atoms with Crippen LogP contribution < -0.4 is 14.5 Å². The van der Waals surface area contributed by atoms with Crippen molar-refractivity contribution in [2.75, 3.05) is 22.9 Å². The number of carbonyl (C=O) groups excluding carboxylic acids is 2. The van der Waals surface area contributed by atoms with Gasteiger partial charge >= 0.3 is 12.0 Å². The van der Waals surface area contributed by atoms with Crippen LogP contribution in [0.5, 0.6) is 5.75 Å². The van der Waals surface area contributed by atoms with E-state index in [2.05, 4.69) is 19.8 Å². The number of aryl methyl sites for hydroxylation is 1. The van der Waals surface area contributed by atoms with Crippen LogP contribution in [0.3, 0.4) is 0 Å². The number of aliphatic hydroxyl groups excluding tert-OH is 1. The first kappa shape index (κ1) is 25.3. The highest BCUT2D eigenvalue weighted by Crippen LogP contribution is 2.42. The molecule has 2 aliphatic heterocycles. The Morgan fingerprint density at radius 2 is 1.63 bits per heavy atom. The maximum absolute atomic E-state index is 13.3. The van der Waals surface area contributed by atoms with Crippen molar-refractivity contribution < 1.29 is 28.2 Å². The maximum Gasteiger partial charge on any atom is 0.394 e. The Bertz CT molecular complexity index is 1380. The smallest absolute Gasteiger partial charge is 0.394 e. The van der Waals surface area contributed by atoms with Crippen LogP contribution in [0.4, 0.5) is 20.3 Å². The predicted octanol–water partition coefficient (Wildman–Crippen LogP) is 5.00. The number of hydrogen-bond acceptors (Lipinski definition) is 7. The van der Waals surface area contributed by atoms with E-state index in [1.165, 1.54) is 24.3 Å². The van der Waals surface area contributed by atoms with Gasteiger partial charge in [-0.25, -0.2) is 0 Å². The number of aromatic nitrogens is 2. The number of hydrogen-bond donors (Lipinski definition) is 1. The third-order valence-corrected chi connectivity index (χ3v) is 6.58. The Kier molecular flexibility index (Phi) is 6.56. The van der Waals surface area contributed by atoms with Gasteiger partial charge in [0.25, 0.3) is 5.78 Å². The standard InChI is InChI=1S/C28H26F2N4O4/c1-17-5-14-22(32-31-17)34-24(18-8-12-21(13-9-18)38-28(2,29)30)23(26(36)27(34)37)25(35)19-6-10-20(11-7-19)33-15-3-4-16-33/h5-14,24,35H,3-4,15-16H2,1-2H3. The number of alkyl halides is 2. The normalized spacial score (nSPS) is 19.3. The third-order valence-electron chi connectivity index (χ3n) is 6.58. The molecule has 1 atom stereocenters. The molecule has 1 unspecified atom stereocenters. The molecule has 3 heterocycles. The Morgan fingerprint density at radius 1 is 0.974 bits per heavy atom. The highest BCUT2D eigenvalue weighted by Gasteiger charge is 2.47. The van der Waals surface area contributed by atoms with Gasteiger partial charge in [-0.05, 0) is 73.9 Å². The lowest BCUT2D eigenvalue weighted by molar-refractivity contribution is -0.158. The van der Waals surface area contributed by atoms with Gasteiger partial charge in [-0.2, -0.15) is 13.9 Å². The SMILES string of the molecule is Cc1ccc(N2C(=O)C(=O)C(=C(O)c3ccc(N4CCCC4)cc3)C2c2ccc(OC(C)(F)F)cc2)nn1. The molecule has 0 saturated carbocycles. The molecule has 0 aliphatic carbocycles. The molecule has 0 spiro atoms. The van der Waals surface area contributed by atoms with Crippen molar-refractivity contribution in [1.29, 1.82) is 0 Å². The van der Waals surface area contributed by atoms with E-state index in [-0.39, 0.29) is 22.9 Å². The summed E-state index contributed by atoms with van der Waals surface area (Å²) in [5.41, 5.74) is 2.25. The number of carbonyl (C=O) groups is 2. The molecule has 0 bridgehead atoms. The largest absolute Gasteiger partial charge is 0.507 e. The highest BCUT2D eigenvalue weighted by atomic mass is 19.3. The van der Waals surface area contributed by atoms with E-state index in [0.29, 0.717) is 23.7 Å². The molecule has 8 nitrogen and oxygen atoms in total. The quantitative estimate of drug-likeness (QED) is 0.278. The van der Waals surface area contributed by atoms with Crippen molar-refractivity contribution in [2.24, 2.45) is 0 Å². The van der Waals surface area contributed by atoms with Gasteiger partial charge in [0.1, 0.15) is 11.5 Å². The number of ether oxygens (including phenoxy) is 1. The van der Waals surface area contributed by atoms with E-state index in [1.54, 1.807) is 31.2 Å². The van der Waals surface area contributed by atoms with Crippen LogP contribution in [0, 0.1) is 6.92 Å². The molecule has 0 radical (unpaired) electrons. The Balaban J connectivity index is 1.59. The molecule has 5 rings (SSSR count). The van der Waals surface area contributed by atoms with Crippen LogP contribution in [0.1, 0.15) is 42.6 Å². The summed E-state index contributed by atoms with van der Waals surface area (Å²) in [6, 6.07) is 14.9. The van der Waals surface area contributed by atoms with E-state index < -0.39 is 23.8 Å². The lowest BCUT2D eigenvalue weighted by Crippen LogP contribution is -2.30. The molecule has 10 heteroatoms. The average Bonchev–Trinajstić information content (AvgIpc) is 3.51. The van der Waals surface area contributed by atoms with E-state index in [9.17, 15) is 23.5 Å². The van der Waals surface area contributed by atoms with Gasteiger partial charge in [-0.1, -0.05) is 12.1 Å².